The summed E-state index contributed by atoms with van der Waals surface area (Å²) in [6.45, 7) is 12.2. The molecule has 152 valence electrons. The molecular formula is C24H33NO3. The van der Waals surface area contributed by atoms with E-state index >= 15 is 0 Å². The van der Waals surface area contributed by atoms with Gasteiger partial charge in [-0.1, -0.05) is 52.8 Å². The van der Waals surface area contributed by atoms with Crippen molar-refractivity contribution in [2.45, 2.75) is 46.5 Å². The van der Waals surface area contributed by atoms with Crippen molar-refractivity contribution in [1.29, 1.82) is 0 Å². The first kappa shape index (κ1) is 21.8. The molecule has 0 aliphatic rings. The van der Waals surface area contributed by atoms with Crippen molar-refractivity contribution in [3.63, 3.8) is 0 Å². The Labute approximate surface area is 169 Å². The summed E-state index contributed by atoms with van der Waals surface area (Å²) in [6.07, 6.45) is 1.11. The van der Waals surface area contributed by atoms with Crippen LogP contribution in [-0.4, -0.2) is 26.2 Å². The lowest BCUT2D eigenvalue weighted by atomic mass is 9.72. The average molecular weight is 384 g/mol. The molecule has 4 nitrogen and oxygen atoms in total. The molecular weight excluding hydrogens is 350 g/mol. The Hall–Kier alpha value is -2.49. The summed E-state index contributed by atoms with van der Waals surface area (Å²) in [4.78, 5) is 12.2. The maximum absolute atomic E-state index is 12.2. The molecule has 0 radical (unpaired) electrons. The maximum atomic E-state index is 12.2. The fourth-order valence-electron chi connectivity index (χ4n) is 3.63. The van der Waals surface area contributed by atoms with Gasteiger partial charge in [-0.25, -0.2) is 0 Å². The Morgan fingerprint density at radius 2 is 1.64 bits per heavy atom. The molecule has 0 aliphatic carbocycles. The van der Waals surface area contributed by atoms with Crippen LogP contribution >= 0.6 is 0 Å². The Balaban J connectivity index is 1.82. The van der Waals surface area contributed by atoms with Gasteiger partial charge in [0.15, 0.2) is 0 Å². The van der Waals surface area contributed by atoms with Crippen LogP contribution in [0.1, 0.15) is 57.0 Å². The van der Waals surface area contributed by atoms with E-state index in [0.29, 0.717) is 24.5 Å². The lowest BCUT2D eigenvalue weighted by Gasteiger charge is -2.33. The number of benzene rings is 2. The summed E-state index contributed by atoms with van der Waals surface area (Å²) in [5, 5.41) is 2.86. The minimum Gasteiger partial charge on any atom is -0.497 e. The number of methoxy groups -OCH3 is 1. The van der Waals surface area contributed by atoms with Crippen LogP contribution in [0.4, 0.5) is 0 Å². The predicted molar refractivity (Wildman–Crippen MR) is 114 cm³/mol. The molecule has 1 N–H and O–H groups in total. The fraction of sp³-hybridized carbons (Fsp3) is 0.458. The number of hydrogen-bond donors (Lipinski definition) is 1. The van der Waals surface area contributed by atoms with E-state index in [2.05, 4.69) is 52.1 Å². The molecule has 0 saturated heterocycles. The molecule has 1 amide bonds. The molecule has 2 aromatic rings. The highest BCUT2D eigenvalue weighted by Crippen LogP contribution is 2.36. The van der Waals surface area contributed by atoms with Gasteiger partial charge in [0.25, 0.3) is 5.91 Å². The number of carbonyl (C=O) groups is 1. The Kier molecular flexibility index (Phi) is 7.11. The van der Waals surface area contributed by atoms with Crippen LogP contribution in [0.3, 0.4) is 0 Å². The molecule has 0 unspecified atom stereocenters. The van der Waals surface area contributed by atoms with Crippen molar-refractivity contribution >= 4 is 5.91 Å². The van der Waals surface area contributed by atoms with Crippen LogP contribution in [0, 0.1) is 5.41 Å². The summed E-state index contributed by atoms with van der Waals surface area (Å²) < 4.78 is 10.9. The summed E-state index contributed by atoms with van der Waals surface area (Å²) in [5.74, 6) is 1.34. The zero-order chi connectivity index (χ0) is 20.8. The van der Waals surface area contributed by atoms with E-state index in [1.807, 2.05) is 18.2 Å². The summed E-state index contributed by atoms with van der Waals surface area (Å²) in [6, 6.07) is 15.4. The van der Waals surface area contributed by atoms with Gasteiger partial charge < -0.3 is 14.8 Å². The molecule has 0 aliphatic heterocycles. The van der Waals surface area contributed by atoms with E-state index in [4.69, 9.17) is 9.47 Å². The maximum Gasteiger partial charge on any atom is 0.251 e. The van der Waals surface area contributed by atoms with Crippen LogP contribution in [0.25, 0.3) is 0 Å². The number of rotatable bonds is 8. The Morgan fingerprint density at radius 3 is 2.25 bits per heavy atom. The number of ether oxygens (including phenoxy) is 2. The Bertz CT molecular complexity index is 773. The summed E-state index contributed by atoms with van der Waals surface area (Å²) >= 11 is 0. The zero-order valence-corrected chi connectivity index (χ0v) is 18.0. The smallest absolute Gasteiger partial charge is 0.251 e. The van der Waals surface area contributed by atoms with Crippen LogP contribution in [0.15, 0.2) is 48.5 Å². The van der Waals surface area contributed by atoms with Crippen LogP contribution in [0.2, 0.25) is 0 Å². The normalized spacial score (nSPS) is 11.8. The van der Waals surface area contributed by atoms with Gasteiger partial charge in [0.05, 0.1) is 13.7 Å². The van der Waals surface area contributed by atoms with Crippen LogP contribution < -0.4 is 14.8 Å². The highest BCUT2D eigenvalue weighted by Gasteiger charge is 2.27. The second-order valence-electron chi connectivity index (χ2n) is 8.98. The van der Waals surface area contributed by atoms with Crippen molar-refractivity contribution in [3.8, 4) is 11.5 Å². The molecule has 0 atom stereocenters. The number of amides is 1. The van der Waals surface area contributed by atoms with Crippen molar-refractivity contribution in [2.24, 2.45) is 5.41 Å². The van der Waals surface area contributed by atoms with Gasteiger partial charge in [0, 0.05) is 5.56 Å². The first-order valence-corrected chi connectivity index (χ1v) is 9.76. The summed E-state index contributed by atoms with van der Waals surface area (Å²) in [5.41, 5.74) is 2.27. The quantitative estimate of drug-likeness (QED) is 0.636. The van der Waals surface area contributed by atoms with Gasteiger partial charge in [-0.15, -0.1) is 0 Å². The van der Waals surface area contributed by atoms with Crippen molar-refractivity contribution in [2.75, 3.05) is 20.3 Å². The van der Waals surface area contributed by atoms with Crippen molar-refractivity contribution < 1.29 is 14.3 Å². The number of nitrogens with one attached hydrogen (secondary N) is 1. The van der Waals surface area contributed by atoms with E-state index < -0.39 is 0 Å². The predicted octanol–water partition coefficient (Wildman–Crippen LogP) is 5.22. The second kappa shape index (κ2) is 9.13. The highest BCUT2D eigenvalue weighted by molar-refractivity contribution is 5.94. The first-order valence-electron chi connectivity index (χ1n) is 9.76. The molecule has 0 spiro atoms. The minimum absolute atomic E-state index is 0.113. The molecule has 28 heavy (non-hydrogen) atoms. The van der Waals surface area contributed by atoms with Gasteiger partial charge in [-0.3, -0.25) is 4.79 Å². The highest BCUT2D eigenvalue weighted by atomic mass is 16.5. The average Bonchev–Trinajstić information content (AvgIpc) is 2.63. The largest absolute Gasteiger partial charge is 0.497 e. The molecule has 0 heterocycles. The van der Waals surface area contributed by atoms with Gasteiger partial charge in [0.1, 0.15) is 18.1 Å². The van der Waals surface area contributed by atoms with E-state index in [-0.39, 0.29) is 16.7 Å². The van der Waals surface area contributed by atoms with E-state index in [1.54, 1.807) is 25.3 Å². The lowest BCUT2D eigenvalue weighted by molar-refractivity contribution is 0.0946. The first-order chi connectivity index (χ1) is 13.1. The van der Waals surface area contributed by atoms with Gasteiger partial charge in [-0.05, 0) is 53.1 Å². The monoisotopic (exact) mass is 383 g/mol. The SMILES string of the molecule is COc1cccc(C(=O)NCCOc2ccc(C(C)(C)CC(C)(C)C)cc2)c1. The van der Waals surface area contributed by atoms with Crippen molar-refractivity contribution in [3.05, 3.63) is 59.7 Å². The zero-order valence-electron chi connectivity index (χ0n) is 18.0. The van der Waals surface area contributed by atoms with Crippen LogP contribution in [0.5, 0.6) is 11.5 Å². The fourth-order valence-corrected chi connectivity index (χ4v) is 3.63. The second-order valence-corrected chi connectivity index (χ2v) is 8.98. The van der Waals surface area contributed by atoms with Crippen LogP contribution in [-0.2, 0) is 5.41 Å². The third-order valence-corrected chi connectivity index (χ3v) is 4.60. The molecule has 4 heteroatoms. The third-order valence-electron chi connectivity index (χ3n) is 4.60. The number of hydrogen-bond acceptors (Lipinski definition) is 3. The Morgan fingerprint density at radius 1 is 0.964 bits per heavy atom. The van der Waals surface area contributed by atoms with Gasteiger partial charge in [0.2, 0.25) is 0 Å². The molecule has 0 fully saturated rings. The number of carbonyl (C=O) groups excluding carboxylic acids is 1. The topological polar surface area (TPSA) is 47.6 Å². The standard InChI is InChI=1S/C24H33NO3/c1-23(2,3)17-24(4,5)19-10-12-20(13-11-19)28-15-14-25-22(26)18-8-7-9-21(16-18)27-6/h7-13,16H,14-15,17H2,1-6H3,(H,25,26). The van der Waals surface area contributed by atoms with E-state index in [1.165, 1.54) is 5.56 Å². The van der Waals surface area contributed by atoms with Crippen molar-refractivity contribution in [1.82, 2.24) is 5.32 Å². The minimum atomic E-state index is -0.137. The van der Waals surface area contributed by atoms with Gasteiger partial charge in [-0.2, -0.15) is 0 Å². The molecule has 2 rings (SSSR count). The summed E-state index contributed by atoms with van der Waals surface area (Å²) in [7, 11) is 1.58. The molecule has 0 saturated carbocycles. The van der Waals surface area contributed by atoms with Gasteiger partial charge >= 0.3 is 0 Å². The molecule has 0 aromatic heterocycles. The van der Waals surface area contributed by atoms with E-state index in [9.17, 15) is 4.79 Å². The molecule has 2 aromatic carbocycles. The molecule has 0 bridgehead atoms. The van der Waals surface area contributed by atoms with E-state index in [0.717, 1.165) is 12.2 Å². The third kappa shape index (κ3) is 6.59. The lowest BCUT2D eigenvalue weighted by Crippen LogP contribution is -2.28.